The van der Waals surface area contributed by atoms with Crippen LogP contribution < -0.4 is 0 Å². The van der Waals surface area contributed by atoms with Crippen LogP contribution in [-0.2, 0) is 5.41 Å². The van der Waals surface area contributed by atoms with Crippen LogP contribution in [0.3, 0.4) is 0 Å². The first-order valence-corrected chi connectivity index (χ1v) is 7.95. The van der Waals surface area contributed by atoms with Crippen molar-refractivity contribution < 1.29 is 4.39 Å². The zero-order valence-electron chi connectivity index (χ0n) is 13.4. The first-order chi connectivity index (χ1) is 10.6. The molecule has 22 heavy (non-hydrogen) atoms. The van der Waals surface area contributed by atoms with Gasteiger partial charge >= 0.3 is 0 Å². The van der Waals surface area contributed by atoms with Gasteiger partial charge in [-0.1, -0.05) is 37.6 Å². The molecule has 0 saturated heterocycles. The van der Waals surface area contributed by atoms with Crippen molar-refractivity contribution in [3.8, 4) is 0 Å². The summed E-state index contributed by atoms with van der Waals surface area (Å²) in [5, 5.41) is 1.27. The molecule has 1 nitrogen and oxygen atoms in total. The molecule has 0 aliphatic heterocycles. The highest BCUT2D eigenvalue weighted by molar-refractivity contribution is 5.85. The summed E-state index contributed by atoms with van der Waals surface area (Å²) in [6, 6.07) is 13.5. The predicted molar refractivity (Wildman–Crippen MR) is 90.8 cm³/mol. The van der Waals surface area contributed by atoms with Gasteiger partial charge in [0.15, 0.2) is 0 Å². The van der Waals surface area contributed by atoms with Gasteiger partial charge in [-0.15, -0.1) is 0 Å². The van der Waals surface area contributed by atoms with Gasteiger partial charge in [0.2, 0.25) is 0 Å². The molecule has 1 heterocycles. The van der Waals surface area contributed by atoms with Crippen LogP contribution in [0.1, 0.15) is 43.4 Å². The van der Waals surface area contributed by atoms with Crippen molar-refractivity contribution in [3.63, 3.8) is 0 Å². The van der Waals surface area contributed by atoms with E-state index in [4.69, 9.17) is 0 Å². The molecule has 0 unspecified atom stereocenters. The minimum atomic E-state index is -0.181. The average molecular weight is 295 g/mol. The van der Waals surface area contributed by atoms with Gasteiger partial charge in [0.1, 0.15) is 5.82 Å². The number of halogens is 1. The molecule has 1 N–H and O–H groups in total. The number of rotatable bonds is 4. The van der Waals surface area contributed by atoms with Crippen molar-refractivity contribution in [2.75, 3.05) is 0 Å². The second kappa shape index (κ2) is 5.60. The Kier molecular flexibility index (Phi) is 3.78. The molecule has 0 radical (unpaired) electrons. The molecular formula is C20H22FN. The molecule has 0 amide bonds. The zero-order chi connectivity index (χ0) is 15.7. The van der Waals surface area contributed by atoms with E-state index in [-0.39, 0.29) is 11.2 Å². The lowest BCUT2D eigenvalue weighted by Crippen LogP contribution is -2.25. The number of nitrogens with one attached hydrogen (secondary N) is 1. The van der Waals surface area contributed by atoms with Crippen LogP contribution in [0.4, 0.5) is 4.39 Å². The third kappa shape index (κ3) is 2.23. The minimum absolute atomic E-state index is 0.0836. The Morgan fingerprint density at radius 2 is 1.68 bits per heavy atom. The van der Waals surface area contributed by atoms with Crippen LogP contribution in [0.25, 0.3) is 10.9 Å². The van der Waals surface area contributed by atoms with E-state index in [1.54, 1.807) is 12.1 Å². The first kappa shape index (κ1) is 14.8. The lowest BCUT2D eigenvalue weighted by Gasteiger charge is -2.32. The fraction of sp³-hybridized carbons (Fsp3) is 0.300. The molecule has 2 aromatic carbocycles. The van der Waals surface area contributed by atoms with Crippen molar-refractivity contribution in [1.29, 1.82) is 0 Å². The SMILES string of the molecule is CCC(CC)(c1ccc(F)cc1)c1c[nH]c2ccc(C)cc12. The second-order valence-corrected chi connectivity index (χ2v) is 6.05. The Morgan fingerprint density at radius 3 is 2.32 bits per heavy atom. The molecule has 0 saturated carbocycles. The lowest BCUT2D eigenvalue weighted by molar-refractivity contribution is 0.481. The maximum Gasteiger partial charge on any atom is 0.123 e. The number of aromatic amines is 1. The van der Waals surface area contributed by atoms with Crippen LogP contribution in [0.5, 0.6) is 0 Å². The highest BCUT2D eigenvalue weighted by Gasteiger charge is 2.32. The fourth-order valence-electron chi connectivity index (χ4n) is 3.59. The van der Waals surface area contributed by atoms with E-state index < -0.39 is 0 Å². The Bertz CT molecular complexity index is 779. The number of hydrogen-bond donors (Lipinski definition) is 1. The first-order valence-electron chi connectivity index (χ1n) is 7.95. The van der Waals surface area contributed by atoms with E-state index in [0.717, 1.165) is 18.4 Å². The van der Waals surface area contributed by atoms with E-state index in [0.29, 0.717) is 0 Å². The Morgan fingerprint density at radius 1 is 1.00 bits per heavy atom. The second-order valence-electron chi connectivity index (χ2n) is 6.05. The van der Waals surface area contributed by atoms with Crippen LogP contribution >= 0.6 is 0 Å². The van der Waals surface area contributed by atoms with Crippen LogP contribution in [0, 0.1) is 12.7 Å². The lowest BCUT2D eigenvalue weighted by atomic mass is 9.70. The normalized spacial score (nSPS) is 12.0. The molecule has 0 aliphatic rings. The van der Waals surface area contributed by atoms with Crippen molar-refractivity contribution in [1.82, 2.24) is 4.98 Å². The quantitative estimate of drug-likeness (QED) is 0.633. The smallest absolute Gasteiger partial charge is 0.123 e. The molecule has 0 aliphatic carbocycles. The fourth-order valence-corrected chi connectivity index (χ4v) is 3.59. The van der Waals surface area contributed by atoms with Crippen LogP contribution in [-0.4, -0.2) is 4.98 Å². The summed E-state index contributed by atoms with van der Waals surface area (Å²) < 4.78 is 13.3. The number of benzene rings is 2. The van der Waals surface area contributed by atoms with Gasteiger partial charge in [-0.25, -0.2) is 4.39 Å². The van der Waals surface area contributed by atoms with Gasteiger partial charge < -0.3 is 4.98 Å². The molecule has 1 aromatic heterocycles. The van der Waals surface area contributed by atoms with E-state index in [1.165, 1.54) is 22.1 Å². The number of fused-ring (bicyclic) bond motifs is 1. The monoisotopic (exact) mass is 295 g/mol. The average Bonchev–Trinajstić information content (AvgIpc) is 2.94. The Labute approximate surface area is 131 Å². The summed E-state index contributed by atoms with van der Waals surface area (Å²) in [6.45, 7) is 6.54. The topological polar surface area (TPSA) is 15.8 Å². The summed E-state index contributed by atoms with van der Waals surface area (Å²) in [5.74, 6) is -0.181. The molecule has 0 spiro atoms. The summed E-state index contributed by atoms with van der Waals surface area (Å²) in [6.07, 6.45) is 4.09. The molecule has 2 heteroatoms. The number of H-pyrrole nitrogens is 1. The molecular weight excluding hydrogens is 273 g/mol. The number of aromatic nitrogens is 1. The largest absolute Gasteiger partial charge is 0.361 e. The van der Waals surface area contributed by atoms with Crippen molar-refractivity contribution in [2.45, 2.75) is 39.0 Å². The number of hydrogen-bond acceptors (Lipinski definition) is 0. The molecule has 3 aromatic rings. The highest BCUT2D eigenvalue weighted by atomic mass is 19.1. The third-order valence-electron chi connectivity index (χ3n) is 4.96. The molecule has 114 valence electrons. The van der Waals surface area contributed by atoms with Gasteiger partial charge in [-0.05, 0) is 55.2 Å². The van der Waals surface area contributed by atoms with E-state index in [2.05, 4.69) is 50.2 Å². The van der Waals surface area contributed by atoms with Gasteiger partial charge in [0.25, 0.3) is 0 Å². The highest BCUT2D eigenvalue weighted by Crippen LogP contribution is 2.42. The molecule has 3 rings (SSSR count). The third-order valence-corrected chi connectivity index (χ3v) is 4.96. The summed E-state index contributed by atoms with van der Waals surface area (Å²) in [7, 11) is 0. The van der Waals surface area contributed by atoms with E-state index in [9.17, 15) is 4.39 Å². The van der Waals surface area contributed by atoms with E-state index in [1.807, 2.05) is 12.1 Å². The maximum atomic E-state index is 13.3. The summed E-state index contributed by atoms with van der Waals surface area (Å²) in [4.78, 5) is 3.40. The zero-order valence-corrected chi connectivity index (χ0v) is 13.4. The molecule has 0 fully saturated rings. The van der Waals surface area contributed by atoms with Crippen LogP contribution in [0.15, 0.2) is 48.7 Å². The Hall–Kier alpha value is -2.09. The van der Waals surface area contributed by atoms with Crippen molar-refractivity contribution in [3.05, 3.63) is 71.2 Å². The number of aryl methyl sites for hydroxylation is 1. The summed E-state index contributed by atoms with van der Waals surface area (Å²) >= 11 is 0. The standard InChI is InChI=1S/C20H22FN/c1-4-20(5-2,15-7-9-16(21)10-8-15)18-13-22-19-11-6-14(3)12-17(18)19/h6-13,22H,4-5H2,1-3H3. The molecule has 0 atom stereocenters. The minimum Gasteiger partial charge on any atom is -0.361 e. The van der Waals surface area contributed by atoms with Gasteiger partial charge in [0.05, 0.1) is 0 Å². The predicted octanol–water partition coefficient (Wildman–Crippen LogP) is 5.72. The maximum absolute atomic E-state index is 13.3. The van der Waals surface area contributed by atoms with Crippen molar-refractivity contribution in [2.24, 2.45) is 0 Å². The van der Waals surface area contributed by atoms with Gasteiger partial charge in [-0.2, -0.15) is 0 Å². The van der Waals surface area contributed by atoms with Gasteiger partial charge in [0, 0.05) is 22.5 Å². The van der Waals surface area contributed by atoms with Gasteiger partial charge in [-0.3, -0.25) is 0 Å². The van der Waals surface area contributed by atoms with Crippen molar-refractivity contribution >= 4 is 10.9 Å². The van der Waals surface area contributed by atoms with Crippen LogP contribution in [0.2, 0.25) is 0 Å². The van der Waals surface area contributed by atoms with E-state index >= 15 is 0 Å². The summed E-state index contributed by atoms with van der Waals surface area (Å²) in [5.41, 5.74) is 4.83. The Balaban J connectivity index is 2.25. The molecule has 0 bridgehead atoms.